The Morgan fingerprint density at radius 2 is 1.85 bits per heavy atom. The summed E-state index contributed by atoms with van der Waals surface area (Å²) in [5, 5.41) is 0. The molecule has 0 fully saturated rings. The lowest BCUT2D eigenvalue weighted by atomic mass is 10.1. The standard InChI is InChI=1S/C18H32OP/c1-4-7-9-12-16-20(15-11-8-5-2)17-13-10-14-18(6-3)19-20/h9,11-13,15,17-18H,4-8,10,14,16H2,1-3H3/q+1/b12-9-,15-11+. The van der Waals surface area contributed by atoms with Gasteiger partial charge in [-0.1, -0.05) is 39.7 Å². The maximum atomic E-state index is 6.56. The zero-order valence-corrected chi connectivity index (χ0v) is 14.4. The van der Waals surface area contributed by atoms with Crippen molar-refractivity contribution in [2.75, 3.05) is 6.16 Å². The van der Waals surface area contributed by atoms with E-state index in [0.29, 0.717) is 6.10 Å². The van der Waals surface area contributed by atoms with E-state index in [4.69, 9.17) is 4.52 Å². The van der Waals surface area contributed by atoms with Crippen LogP contribution in [0.2, 0.25) is 0 Å². The van der Waals surface area contributed by atoms with E-state index in [1.54, 1.807) is 0 Å². The van der Waals surface area contributed by atoms with Gasteiger partial charge >= 0.3 is 0 Å². The van der Waals surface area contributed by atoms with E-state index in [9.17, 15) is 0 Å². The molecule has 0 aliphatic carbocycles. The average Bonchev–Trinajstić information content (AvgIpc) is 2.67. The summed E-state index contributed by atoms with van der Waals surface area (Å²) in [7, 11) is -1.52. The summed E-state index contributed by atoms with van der Waals surface area (Å²) >= 11 is 0. The molecule has 0 spiro atoms. The molecule has 1 aliphatic heterocycles. The molecule has 1 rings (SSSR count). The van der Waals surface area contributed by atoms with Crippen LogP contribution >= 0.6 is 7.49 Å². The van der Waals surface area contributed by atoms with Crippen LogP contribution in [0.25, 0.3) is 0 Å². The fraction of sp³-hybridized carbons (Fsp3) is 0.667. The Morgan fingerprint density at radius 1 is 1.10 bits per heavy atom. The van der Waals surface area contributed by atoms with Gasteiger partial charge in [-0.25, -0.2) is 4.52 Å². The predicted octanol–water partition coefficient (Wildman–Crippen LogP) is 6.69. The van der Waals surface area contributed by atoms with Crippen LogP contribution in [0, 0.1) is 0 Å². The van der Waals surface area contributed by atoms with E-state index in [1.807, 2.05) is 0 Å². The molecule has 2 unspecified atom stereocenters. The first kappa shape index (κ1) is 17.7. The molecule has 1 heterocycles. The Hall–Kier alpha value is -0.390. The summed E-state index contributed by atoms with van der Waals surface area (Å²) in [6.07, 6.45) is 19.1. The first-order valence-corrected chi connectivity index (χ1v) is 10.4. The molecular weight excluding hydrogens is 263 g/mol. The van der Waals surface area contributed by atoms with Crippen LogP contribution in [-0.4, -0.2) is 12.3 Å². The van der Waals surface area contributed by atoms with Crippen LogP contribution in [0.4, 0.5) is 0 Å². The minimum atomic E-state index is -1.52. The van der Waals surface area contributed by atoms with Crippen LogP contribution in [0.15, 0.2) is 35.9 Å². The summed E-state index contributed by atoms with van der Waals surface area (Å²) in [5.41, 5.74) is 0. The van der Waals surface area contributed by atoms with Gasteiger partial charge in [0.25, 0.3) is 0 Å². The molecule has 0 aromatic carbocycles. The number of allylic oxidation sites excluding steroid dienone is 4. The number of rotatable bonds is 8. The van der Waals surface area contributed by atoms with Gasteiger partial charge in [-0.2, -0.15) is 0 Å². The van der Waals surface area contributed by atoms with Crippen LogP contribution in [-0.2, 0) is 4.52 Å². The maximum Gasteiger partial charge on any atom is 0.199 e. The minimum Gasteiger partial charge on any atom is -0.225 e. The van der Waals surface area contributed by atoms with Gasteiger partial charge in [0.15, 0.2) is 7.49 Å². The van der Waals surface area contributed by atoms with Crippen molar-refractivity contribution < 1.29 is 4.52 Å². The van der Waals surface area contributed by atoms with Gasteiger partial charge < -0.3 is 0 Å². The number of hydrogen-bond donors (Lipinski definition) is 0. The second-order valence-corrected chi connectivity index (χ2v) is 8.45. The smallest absolute Gasteiger partial charge is 0.199 e. The van der Waals surface area contributed by atoms with Gasteiger partial charge in [0.05, 0.1) is 11.6 Å². The largest absolute Gasteiger partial charge is 0.225 e. The Morgan fingerprint density at radius 3 is 2.55 bits per heavy atom. The Balaban J connectivity index is 2.80. The quantitative estimate of drug-likeness (QED) is 0.358. The van der Waals surface area contributed by atoms with Crippen LogP contribution in [0.1, 0.15) is 65.7 Å². The van der Waals surface area contributed by atoms with Gasteiger partial charge in [0.2, 0.25) is 0 Å². The number of hydrogen-bond acceptors (Lipinski definition) is 1. The summed E-state index contributed by atoms with van der Waals surface area (Å²) in [4.78, 5) is 0. The lowest BCUT2D eigenvalue weighted by Gasteiger charge is -2.21. The Labute approximate surface area is 126 Å². The van der Waals surface area contributed by atoms with Crippen molar-refractivity contribution >= 4 is 7.49 Å². The van der Waals surface area contributed by atoms with Gasteiger partial charge in [-0.05, 0) is 50.3 Å². The summed E-state index contributed by atoms with van der Waals surface area (Å²) < 4.78 is 6.56. The molecule has 0 radical (unpaired) electrons. The van der Waals surface area contributed by atoms with Crippen LogP contribution in [0.5, 0.6) is 0 Å². The van der Waals surface area contributed by atoms with Gasteiger partial charge in [-0.3, -0.25) is 0 Å². The maximum absolute atomic E-state index is 6.56. The molecule has 0 aromatic heterocycles. The van der Waals surface area contributed by atoms with E-state index in [0.717, 1.165) is 19.0 Å². The van der Waals surface area contributed by atoms with Gasteiger partial charge in [0.1, 0.15) is 12.3 Å². The van der Waals surface area contributed by atoms with E-state index in [-0.39, 0.29) is 0 Å². The Kier molecular flexibility index (Phi) is 9.14. The SMILES string of the molecule is CCC/C=C\C[P+]1(/C=C/CCC)C=CCCC(CC)O1. The zero-order valence-electron chi connectivity index (χ0n) is 13.6. The third-order valence-corrected chi connectivity index (χ3v) is 6.54. The molecule has 1 nitrogen and oxygen atoms in total. The van der Waals surface area contributed by atoms with Crippen molar-refractivity contribution in [1.29, 1.82) is 0 Å². The summed E-state index contributed by atoms with van der Waals surface area (Å²) in [6.45, 7) is 6.70. The third-order valence-electron chi connectivity index (χ3n) is 3.64. The monoisotopic (exact) mass is 295 g/mol. The topological polar surface area (TPSA) is 9.23 Å². The van der Waals surface area contributed by atoms with E-state index in [1.165, 1.54) is 32.1 Å². The summed E-state index contributed by atoms with van der Waals surface area (Å²) in [5.74, 6) is 4.79. The van der Waals surface area contributed by atoms with E-state index >= 15 is 0 Å². The van der Waals surface area contributed by atoms with Gasteiger partial charge in [-0.15, -0.1) is 0 Å². The predicted molar refractivity (Wildman–Crippen MR) is 93.4 cm³/mol. The highest BCUT2D eigenvalue weighted by atomic mass is 31.2. The fourth-order valence-electron chi connectivity index (χ4n) is 2.37. The third kappa shape index (κ3) is 6.37. The normalized spacial score (nSPS) is 27.4. The van der Waals surface area contributed by atoms with Gasteiger partial charge in [0, 0.05) is 0 Å². The minimum absolute atomic E-state index is 0.434. The van der Waals surface area contributed by atoms with E-state index in [2.05, 4.69) is 56.7 Å². The molecule has 1 aliphatic rings. The van der Waals surface area contributed by atoms with Crippen molar-refractivity contribution in [3.05, 3.63) is 35.9 Å². The highest BCUT2D eigenvalue weighted by Gasteiger charge is 2.37. The second-order valence-electron chi connectivity index (χ2n) is 5.57. The van der Waals surface area contributed by atoms with Crippen molar-refractivity contribution in [2.45, 2.75) is 71.8 Å². The molecular formula is C18H32OP+. The molecule has 0 saturated heterocycles. The molecule has 0 aromatic rings. The van der Waals surface area contributed by atoms with Crippen molar-refractivity contribution in [1.82, 2.24) is 0 Å². The molecule has 0 amide bonds. The zero-order chi connectivity index (χ0) is 14.7. The molecule has 0 bridgehead atoms. The van der Waals surface area contributed by atoms with Crippen LogP contribution in [0.3, 0.4) is 0 Å². The Bertz CT molecular complexity index is 332. The van der Waals surface area contributed by atoms with Crippen molar-refractivity contribution in [3.63, 3.8) is 0 Å². The fourth-order valence-corrected chi connectivity index (χ4v) is 5.24. The first-order valence-electron chi connectivity index (χ1n) is 8.32. The lowest BCUT2D eigenvalue weighted by Crippen LogP contribution is -2.10. The first-order chi connectivity index (χ1) is 9.76. The second kappa shape index (κ2) is 10.4. The highest BCUT2D eigenvalue weighted by molar-refractivity contribution is 7.77. The molecule has 114 valence electrons. The van der Waals surface area contributed by atoms with Crippen molar-refractivity contribution in [3.8, 4) is 0 Å². The lowest BCUT2D eigenvalue weighted by molar-refractivity contribution is 0.210. The van der Waals surface area contributed by atoms with Crippen molar-refractivity contribution in [2.24, 2.45) is 0 Å². The molecule has 20 heavy (non-hydrogen) atoms. The molecule has 2 heteroatoms. The number of unbranched alkanes of at least 4 members (excludes halogenated alkanes) is 2. The van der Waals surface area contributed by atoms with E-state index < -0.39 is 7.49 Å². The summed E-state index contributed by atoms with van der Waals surface area (Å²) in [6, 6.07) is 0. The van der Waals surface area contributed by atoms with Crippen LogP contribution < -0.4 is 0 Å². The molecule has 2 atom stereocenters. The molecule has 0 saturated carbocycles. The average molecular weight is 295 g/mol. The molecule has 0 N–H and O–H groups in total. The highest BCUT2D eigenvalue weighted by Crippen LogP contribution is 2.65.